The highest BCUT2D eigenvalue weighted by Crippen LogP contribution is 2.23. The third kappa shape index (κ3) is 7.28. The Morgan fingerprint density at radius 1 is 0.818 bits per heavy atom. The molecule has 7 unspecified atom stereocenters. The first kappa shape index (κ1) is 27.8. The molecule has 2 fully saturated rings. The summed E-state index contributed by atoms with van der Waals surface area (Å²) in [5.41, 5.74) is 0. The molecule has 0 aliphatic carbocycles. The number of hydrogen-bond donors (Lipinski definition) is 8. The van der Waals surface area contributed by atoms with E-state index in [9.17, 15) is 45.3 Å². The SMILES string of the molecule is O=CC(O[C@H]1OC(CO)[C@@H](O)OC1O)C(CO)OC(O[C@H]1OC(O)[C@@H](O)OC1CO)C(=O)O. The number of carboxylic acid groups (broad SMARTS) is 1. The van der Waals surface area contributed by atoms with E-state index < -0.39 is 94.2 Å². The van der Waals surface area contributed by atoms with Gasteiger partial charge >= 0.3 is 5.97 Å². The molecule has 0 aromatic heterocycles. The zero-order valence-electron chi connectivity index (χ0n) is 16.8. The Bertz CT molecular complexity index is 620. The number of carbonyl (C=O) groups excluding carboxylic acids is 1. The van der Waals surface area contributed by atoms with Gasteiger partial charge < -0.3 is 78.8 Å². The van der Waals surface area contributed by atoms with Gasteiger partial charge in [-0.05, 0) is 0 Å². The summed E-state index contributed by atoms with van der Waals surface area (Å²) >= 11 is 0. The summed E-state index contributed by atoms with van der Waals surface area (Å²) < 4.78 is 34.6. The molecule has 0 radical (unpaired) electrons. The molecular formula is C16H26O17. The average molecular weight is 490 g/mol. The zero-order valence-corrected chi connectivity index (χ0v) is 16.8. The predicted octanol–water partition coefficient (Wildman–Crippen LogP) is -5.88. The molecule has 0 amide bonds. The van der Waals surface area contributed by atoms with Crippen LogP contribution in [0.2, 0.25) is 0 Å². The van der Waals surface area contributed by atoms with Crippen molar-refractivity contribution in [3.63, 3.8) is 0 Å². The van der Waals surface area contributed by atoms with Crippen LogP contribution >= 0.6 is 0 Å². The van der Waals surface area contributed by atoms with Crippen LogP contribution < -0.4 is 0 Å². The van der Waals surface area contributed by atoms with Crippen LogP contribution in [0.4, 0.5) is 0 Å². The van der Waals surface area contributed by atoms with Gasteiger partial charge in [-0.3, -0.25) is 0 Å². The molecule has 0 saturated carbocycles. The van der Waals surface area contributed by atoms with E-state index in [0.29, 0.717) is 0 Å². The van der Waals surface area contributed by atoms with Crippen molar-refractivity contribution in [1.29, 1.82) is 0 Å². The third-order valence-electron chi connectivity index (χ3n) is 4.36. The van der Waals surface area contributed by atoms with Crippen LogP contribution in [0.5, 0.6) is 0 Å². The number of carboxylic acids is 1. The number of ether oxygens (including phenoxy) is 7. The first-order chi connectivity index (χ1) is 15.6. The van der Waals surface area contributed by atoms with Gasteiger partial charge in [0.05, 0.1) is 19.8 Å². The van der Waals surface area contributed by atoms with Gasteiger partial charge in [-0.2, -0.15) is 0 Å². The molecule has 2 aliphatic heterocycles. The minimum absolute atomic E-state index is 0.0751. The highest BCUT2D eigenvalue weighted by atomic mass is 16.8. The van der Waals surface area contributed by atoms with E-state index in [1.165, 1.54) is 0 Å². The van der Waals surface area contributed by atoms with E-state index in [1.807, 2.05) is 0 Å². The summed E-state index contributed by atoms with van der Waals surface area (Å²) in [5.74, 6) is -1.79. The fourth-order valence-corrected chi connectivity index (χ4v) is 2.70. The minimum Gasteiger partial charge on any atom is -0.477 e. The van der Waals surface area contributed by atoms with Gasteiger partial charge in [-0.15, -0.1) is 0 Å². The molecule has 17 heteroatoms. The average Bonchev–Trinajstić information content (AvgIpc) is 2.78. The molecule has 2 heterocycles. The van der Waals surface area contributed by atoms with Crippen molar-refractivity contribution in [3.05, 3.63) is 0 Å². The van der Waals surface area contributed by atoms with Crippen molar-refractivity contribution in [2.75, 3.05) is 19.8 Å². The molecule has 192 valence electrons. The Labute approximate surface area is 185 Å². The van der Waals surface area contributed by atoms with E-state index >= 15 is 0 Å². The topological polar surface area (TPSA) is 261 Å². The van der Waals surface area contributed by atoms with E-state index in [1.54, 1.807) is 0 Å². The van der Waals surface area contributed by atoms with E-state index in [-0.39, 0.29) is 6.29 Å². The quantitative estimate of drug-likeness (QED) is 0.0935. The number of hydrogen-bond acceptors (Lipinski definition) is 16. The van der Waals surface area contributed by atoms with Gasteiger partial charge in [-0.25, -0.2) is 4.79 Å². The lowest BCUT2D eigenvalue weighted by Gasteiger charge is -2.38. The van der Waals surface area contributed by atoms with Gasteiger partial charge in [0.2, 0.25) is 25.2 Å². The fraction of sp³-hybridized carbons (Fsp3) is 0.875. The second kappa shape index (κ2) is 12.9. The number of aliphatic hydroxyl groups is 7. The third-order valence-corrected chi connectivity index (χ3v) is 4.36. The first-order valence-electron chi connectivity index (χ1n) is 9.46. The van der Waals surface area contributed by atoms with Crippen molar-refractivity contribution < 1.29 is 83.6 Å². The van der Waals surface area contributed by atoms with Crippen molar-refractivity contribution in [3.8, 4) is 0 Å². The van der Waals surface area contributed by atoms with Crippen molar-refractivity contribution >= 4 is 12.3 Å². The molecule has 2 rings (SSSR count). The second-order valence-electron chi connectivity index (χ2n) is 6.69. The summed E-state index contributed by atoms with van der Waals surface area (Å²) in [5, 5.41) is 75.5. The Kier molecular flexibility index (Phi) is 10.9. The minimum atomic E-state index is -2.28. The summed E-state index contributed by atoms with van der Waals surface area (Å²) in [6, 6.07) is 0. The van der Waals surface area contributed by atoms with Crippen LogP contribution in [0.25, 0.3) is 0 Å². The molecule has 0 spiro atoms. The molecule has 11 atom stereocenters. The molecule has 2 saturated heterocycles. The smallest absolute Gasteiger partial charge is 0.361 e. The Balaban J connectivity index is 2.07. The van der Waals surface area contributed by atoms with Crippen LogP contribution in [0.3, 0.4) is 0 Å². The zero-order chi connectivity index (χ0) is 24.7. The molecular weight excluding hydrogens is 464 g/mol. The lowest BCUT2D eigenvalue weighted by molar-refractivity contribution is -0.408. The van der Waals surface area contributed by atoms with E-state index in [0.717, 1.165) is 0 Å². The maximum absolute atomic E-state index is 11.6. The van der Waals surface area contributed by atoms with Crippen LogP contribution in [-0.4, -0.2) is 141 Å². The predicted molar refractivity (Wildman–Crippen MR) is 93.1 cm³/mol. The maximum atomic E-state index is 11.6. The highest BCUT2D eigenvalue weighted by molar-refractivity contribution is 5.70. The summed E-state index contributed by atoms with van der Waals surface area (Å²) in [7, 11) is 0. The summed E-state index contributed by atoms with van der Waals surface area (Å²) in [6.07, 6.45) is -19.5. The lowest BCUT2D eigenvalue weighted by Crippen LogP contribution is -2.55. The van der Waals surface area contributed by atoms with Gasteiger partial charge in [-0.1, -0.05) is 0 Å². The summed E-state index contributed by atoms with van der Waals surface area (Å²) in [6.45, 7) is -2.58. The van der Waals surface area contributed by atoms with Crippen LogP contribution in [0.15, 0.2) is 0 Å². The molecule has 0 aromatic carbocycles. The first-order valence-corrected chi connectivity index (χ1v) is 9.46. The number of carbonyl (C=O) groups is 2. The maximum Gasteiger partial charge on any atom is 0.361 e. The number of aldehydes is 1. The molecule has 17 nitrogen and oxygen atoms in total. The van der Waals surface area contributed by atoms with E-state index in [4.69, 9.17) is 33.5 Å². The fourth-order valence-electron chi connectivity index (χ4n) is 2.70. The molecule has 8 N–H and O–H groups in total. The van der Waals surface area contributed by atoms with Crippen LogP contribution in [0.1, 0.15) is 0 Å². The number of rotatable bonds is 12. The normalized spacial score (nSPS) is 37.8. The van der Waals surface area contributed by atoms with Gasteiger partial charge in [0, 0.05) is 0 Å². The monoisotopic (exact) mass is 490 g/mol. The molecule has 0 aromatic rings. The van der Waals surface area contributed by atoms with Crippen LogP contribution in [0, 0.1) is 0 Å². The van der Waals surface area contributed by atoms with Gasteiger partial charge in [0.15, 0.2) is 18.9 Å². The largest absolute Gasteiger partial charge is 0.477 e. The lowest BCUT2D eigenvalue weighted by atomic mass is 10.2. The van der Waals surface area contributed by atoms with Crippen LogP contribution in [-0.2, 0) is 42.7 Å². The number of aliphatic carboxylic acids is 1. The second-order valence-corrected chi connectivity index (χ2v) is 6.69. The van der Waals surface area contributed by atoms with Gasteiger partial charge in [0.25, 0.3) is 6.29 Å². The van der Waals surface area contributed by atoms with Gasteiger partial charge in [0.1, 0.15) is 24.4 Å². The molecule has 2 aliphatic rings. The Hall–Kier alpha value is -1.42. The standard InChI is InChI=1S/C16H26O17/c17-1-5(6(2-18)29-16-13(26)31-10(23)7(3-19)30-16)28-15(9(21)22)33-14-8(4-20)27-11(24)12(25)32-14/h2,5-8,10-17,19-20,23-26H,1,3-4H2,(H,21,22)/t5?,6?,7?,8?,10-,11-,12?,13?,14+,15?,16-/m0/s1. The van der Waals surface area contributed by atoms with Crippen molar-refractivity contribution in [1.82, 2.24) is 0 Å². The Morgan fingerprint density at radius 3 is 2.00 bits per heavy atom. The number of aliphatic hydroxyl groups excluding tert-OH is 7. The van der Waals surface area contributed by atoms with E-state index in [2.05, 4.69) is 4.74 Å². The summed E-state index contributed by atoms with van der Waals surface area (Å²) in [4.78, 5) is 23.1. The van der Waals surface area contributed by atoms with Crippen molar-refractivity contribution in [2.24, 2.45) is 0 Å². The molecule has 0 bridgehead atoms. The highest BCUT2D eigenvalue weighted by Gasteiger charge is 2.43. The Morgan fingerprint density at radius 2 is 1.45 bits per heavy atom. The van der Waals surface area contributed by atoms with Crippen molar-refractivity contribution in [2.45, 2.75) is 68.4 Å². The molecule has 33 heavy (non-hydrogen) atoms.